The van der Waals surface area contributed by atoms with E-state index in [9.17, 15) is 0 Å². The first kappa shape index (κ1) is 18.0. The Morgan fingerprint density at radius 2 is 1.44 bits per heavy atom. The van der Waals surface area contributed by atoms with Gasteiger partial charge >= 0.3 is 0 Å². The number of benzene rings is 2. The van der Waals surface area contributed by atoms with E-state index in [2.05, 4.69) is 75.0 Å². The Balaban J connectivity index is 1.72. The van der Waals surface area contributed by atoms with E-state index in [1.54, 1.807) is 0 Å². The Hall–Kier alpha value is -1.82. The minimum Gasteiger partial charge on any atom is -0.0995 e. The van der Waals surface area contributed by atoms with Crippen LogP contribution in [0.3, 0.4) is 0 Å². The van der Waals surface area contributed by atoms with Crippen molar-refractivity contribution in [2.75, 3.05) is 0 Å². The van der Waals surface area contributed by atoms with Crippen LogP contribution in [0.4, 0.5) is 0 Å². The SMILES string of the molecule is C=C(C)C(c1ccc(CCc2ccccc2)cc1)C1(C)CCCCC1. The Morgan fingerprint density at radius 1 is 0.880 bits per heavy atom. The van der Waals surface area contributed by atoms with Gasteiger partial charge in [0.1, 0.15) is 0 Å². The summed E-state index contributed by atoms with van der Waals surface area (Å²) >= 11 is 0. The number of rotatable bonds is 6. The quantitative estimate of drug-likeness (QED) is 0.495. The van der Waals surface area contributed by atoms with Crippen LogP contribution in [0.2, 0.25) is 0 Å². The molecule has 1 saturated carbocycles. The molecule has 0 aliphatic heterocycles. The van der Waals surface area contributed by atoms with Crippen molar-refractivity contribution in [3.05, 3.63) is 83.4 Å². The summed E-state index contributed by atoms with van der Waals surface area (Å²) in [6.45, 7) is 9.05. The first-order chi connectivity index (χ1) is 12.1. The van der Waals surface area contributed by atoms with Crippen LogP contribution in [0.15, 0.2) is 66.7 Å². The molecule has 0 amide bonds. The van der Waals surface area contributed by atoms with Gasteiger partial charge in [-0.1, -0.05) is 92.9 Å². The highest BCUT2D eigenvalue weighted by Crippen LogP contribution is 2.49. The number of aryl methyl sites for hydroxylation is 2. The van der Waals surface area contributed by atoms with E-state index in [0.717, 1.165) is 12.8 Å². The third-order valence-electron chi connectivity index (χ3n) is 6.04. The van der Waals surface area contributed by atoms with Gasteiger partial charge in [-0.2, -0.15) is 0 Å². The zero-order valence-corrected chi connectivity index (χ0v) is 15.9. The van der Waals surface area contributed by atoms with Gasteiger partial charge in [-0.15, -0.1) is 0 Å². The predicted molar refractivity (Wildman–Crippen MR) is 109 cm³/mol. The molecule has 1 atom stereocenters. The molecular formula is C25H32. The lowest BCUT2D eigenvalue weighted by Crippen LogP contribution is -2.29. The molecule has 3 rings (SSSR count). The average molecular weight is 333 g/mol. The van der Waals surface area contributed by atoms with E-state index >= 15 is 0 Å². The van der Waals surface area contributed by atoms with Gasteiger partial charge in [0.2, 0.25) is 0 Å². The number of allylic oxidation sites excluding steroid dienone is 1. The minimum atomic E-state index is 0.385. The van der Waals surface area contributed by atoms with Crippen molar-refractivity contribution < 1.29 is 0 Å². The average Bonchev–Trinajstić information content (AvgIpc) is 2.62. The van der Waals surface area contributed by atoms with Crippen molar-refractivity contribution in [3.8, 4) is 0 Å². The van der Waals surface area contributed by atoms with Gasteiger partial charge in [0.05, 0.1) is 0 Å². The molecule has 0 radical (unpaired) electrons. The van der Waals surface area contributed by atoms with Crippen LogP contribution in [0.5, 0.6) is 0 Å². The topological polar surface area (TPSA) is 0 Å². The molecule has 25 heavy (non-hydrogen) atoms. The molecule has 1 aliphatic rings. The normalized spacial score (nSPS) is 17.8. The summed E-state index contributed by atoms with van der Waals surface area (Å²) in [5.41, 5.74) is 6.01. The molecule has 2 aromatic carbocycles. The van der Waals surface area contributed by atoms with Gasteiger partial charge < -0.3 is 0 Å². The molecular weight excluding hydrogens is 300 g/mol. The predicted octanol–water partition coefficient (Wildman–Crippen LogP) is 7.10. The van der Waals surface area contributed by atoms with Crippen LogP contribution in [-0.2, 0) is 12.8 Å². The molecule has 0 heteroatoms. The summed E-state index contributed by atoms with van der Waals surface area (Å²) in [4.78, 5) is 0. The second-order valence-corrected chi connectivity index (χ2v) is 8.22. The van der Waals surface area contributed by atoms with Crippen LogP contribution < -0.4 is 0 Å². The second kappa shape index (κ2) is 8.04. The van der Waals surface area contributed by atoms with Crippen LogP contribution in [0.25, 0.3) is 0 Å². The number of hydrogen-bond acceptors (Lipinski definition) is 0. The van der Waals surface area contributed by atoms with Crippen LogP contribution >= 0.6 is 0 Å². The van der Waals surface area contributed by atoms with Gasteiger partial charge in [-0.25, -0.2) is 0 Å². The fourth-order valence-electron chi connectivity index (χ4n) is 4.74. The van der Waals surface area contributed by atoms with Gasteiger partial charge in [0.25, 0.3) is 0 Å². The van der Waals surface area contributed by atoms with Crippen molar-refractivity contribution in [2.45, 2.75) is 64.7 Å². The first-order valence-corrected chi connectivity index (χ1v) is 9.87. The molecule has 0 aromatic heterocycles. The summed E-state index contributed by atoms with van der Waals surface area (Å²) in [5, 5.41) is 0. The highest BCUT2D eigenvalue weighted by Gasteiger charge is 2.36. The highest BCUT2D eigenvalue weighted by atomic mass is 14.4. The highest BCUT2D eigenvalue weighted by molar-refractivity contribution is 5.33. The van der Waals surface area contributed by atoms with Crippen molar-refractivity contribution in [1.82, 2.24) is 0 Å². The van der Waals surface area contributed by atoms with Crippen molar-refractivity contribution in [2.24, 2.45) is 5.41 Å². The molecule has 0 spiro atoms. The smallest absolute Gasteiger partial charge is 0.00965 e. The summed E-state index contributed by atoms with van der Waals surface area (Å²) in [6.07, 6.45) is 9.03. The second-order valence-electron chi connectivity index (χ2n) is 8.22. The molecule has 0 saturated heterocycles. The summed E-state index contributed by atoms with van der Waals surface area (Å²) in [7, 11) is 0. The summed E-state index contributed by atoms with van der Waals surface area (Å²) in [5.74, 6) is 0.496. The standard InChI is InChI=1S/C25H32/c1-20(2)24(25(3)18-8-5-9-19-25)23-16-14-22(15-17-23)13-12-21-10-6-4-7-11-21/h4,6-7,10-11,14-17,24H,1,5,8-9,12-13,18-19H2,2-3H3. The van der Waals surface area contributed by atoms with E-state index in [-0.39, 0.29) is 0 Å². The third-order valence-corrected chi connectivity index (χ3v) is 6.04. The molecule has 1 fully saturated rings. The Bertz CT molecular complexity index is 672. The zero-order chi connectivity index (χ0) is 17.7. The lowest BCUT2D eigenvalue weighted by Gasteiger charge is -2.41. The Morgan fingerprint density at radius 3 is 2.00 bits per heavy atom. The van der Waals surface area contributed by atoms with E-state index in [4.69, 9.17) is 0 Å². The van der Waals surface area contributed by atoms with E-state index in [0.29, 0.717) is 11.3 Å². The molecule has 0 heterocycles. The van der Waals surface area contributed by atoms with Crippen molar-refractivity contribution in [1.29, 1.82) is 0 Å². The lowest BCUT2D eigenvalue weighted by molar-refractivity contribution is 0.185. The molecule has 2 aromatic rings. The first-order valence-electron chi connectivity index (χ1n) is 9.87. The van der Waals surface area contributed by atoms with Crippen LogP contribution in [0.1, 0.15) is 68.6 Å². The molecule has 0 bridgehead atoms. The van der Waals surface area contributed by atoms with E-state index in [1.165, 1.54) is 54.4 Å². The zero-order valence-electron chi connectivity index (χ0n) is 15.9. The van der Waals surface area contributed by atoms with Crippen LogP contribution in [-0.4, -0.2) is 0 Å². The molecule has 132 valence electrons. The fraction of sp³-hybridized carbons (Fsp3) is 0.440. The maximum atomic E-state index is 4.35. The lowest BCUT2D eigenvalue weighted by atomic mass is 9.63. The molecule has 0 N–H and O–H groups in total. The van der Waals surface area contributed by atoms with Gasteiger partial charge in [-0.3, -0.25) is 0 Å². The van der Waals surface area contributed by atoms with Crippen LogP contribution in [0, 0.1) is 5.41 Å². The third kappa shape index (κ3) is 4.42. The largest absolute Gasteiger partial charge is 0.0995 e. The summed E-state index contributed by atoms with van der Waals surface area (Å²) in [6, 6.07) is 20.2. The van der Waals surface area contributed by atoms with Gasteiger partial charge in [-0.05, 0) is 54.7 Å². The van der Waals surface area contributed by atoms with E-state index in [1.807, 2.05) is 0 Å². The molecule has 0 nitrogen and oxygen atoms in total. The minimum absolute atomic E-state index is 0.385. The van der Waals surface area contributed by atoms with Crippen molar-refractivity contribution >= 4 is 0 Å². The van der Waals surface area contributed by atoms with E-state index < -0.39 is 0 Å². The monoisotopic (exact) mass is 332 g/mol. The maximum absolute atomic E-state index is 4.35. The van der Waals surface area contributed by atoms with Gasteiger partial charge in [0.15, 0.2) is 0 Å². The molecule has 1 unspecified atom stereocenters. The molecule has 1 aliphatic carbocycles. The van der Waals surface area contributed by atoms with Crippen molar-refractivity contribution in [3.63, 3.8) is 0 Å². The van der Waals surface area contributed by atoms with Gasteiger partial charge in [0, 0.05) is 5.92 Å². The fourth-order valence-corrected chi connectivity index (χ4v) is 4.74. The Labute approximate surface area is 154 Å². The summed E-state index contributed by atoms with van der Waals surface area (Å²) < 4.78 is 0. The number of hydrogen-bond donors (Lipinski definition) is 0. The maximum Gasteiger partial charge on any atom is 0.00965 e. The Kier molecular flexibility index (Phi) is 5.78.